The number of urea groups is 1. The van der Waals surface area contributed by atoms with E-state index >= 15 is 0 Å². The van der Waals surface area contributed by atoms with Crippen molar-refractivity contribution in [2.75, 3.05) is 11.4 Å². The molecule has 1 saturated heterocycles. The normalized spacial score (nSPS) is 15.3. The maximum atomic E-state index is 14.0. The molecule has 0 bridgehead atoms. The lowest BCUT2D eigenvalue weighted by Gasteiger charge is -2.25. The zero-order valence-corrected chi connectivity index (χ0v) is 10.3. The van der Waals surface area contributed by atoms with Crippen LogP contribution in [-0.4, -0.2) is 18.5 Å². The second-order valence-corrected chi connectivity index (χ2v) is 4.32. The van der Waals surface area contributed by atoms with Crippen LogP contribution in [0.1, 0.15) is 12.0 Å². The van der Waals surface area contributed by atoms with Gasteiger partial charge in [0.05, 0.1) is 16.6 Å². The number of imide groups is 1. The quantitative estimate of drug-likeness (QED) is 0.808. The number of hydrogen-bond acceptors (Lipinski definition) is 3. The van der Waals surface area contributed by atoms with Gasteiger partial charge in [-0.15, -0.1) is 6.42 Å². The third-order valence-corrected chi connectivity index (χ3v) is 3.15. The Labute approximate surface area is 113 Å². The highest BCUT2D eigenvalue weighted by Gasteiger charge is 2.28. The number of terminal acetylenes is 1. The summed E-state index contributed by atoms with van der Waals surface area (Å²) < 4.78 is 19.3. The molecular weight excluding hydrogens is 263 g/mol. The molecule has 20 heavy (non-hydrogen) atoms. The second kappa shape index (κ2) is 4.38. The predicted octanol–water partition coefficient (Wildman–Crippen LogP) is 2.00. The molecule has 0 spiro atoms. The highest BCUT2D eigenvalue weighted by molar-refractivity contribution is 6.09. The summed E-state index contributed by atoms with van der Waals surface area (Å²) in [6.45, 7) is 0.166. The fraction of sp³-hybridized carbons (Fsp3) is 0.143. The van der Waals surface area contributed by atoms with Gasteiger partial charge in [-0.3, -0.25) is 15.0 Å². The van der Waals surface area contributed by atoms with Crippen LogP contribution < -0.4 is 10.2 Å². The van der Waals surface area contributed by atoms with Crippen LogP contribution in [0.5, 0.6) is 0 Å². The van der Waals surface area contributed by atoms with Crippen LogP contribution in [0.25, 0.3) is 11.0 Å². The van der Waals surface area contributed by atoms with Crippen molar-refractivity contribution in [2.45, 2.75) is 6.42 Å². The van der Waals surface area contributed by atoms with Crippen molar-refractivity contribution in [3.63, 3.8) is 0 Å². The van der Waals surface area contributed by atoms with Crippen LogP contribution in [0.4, 0.5) is 14.9 Å². The molecular formula is C14H9FN2O3. The molecule has 1 aromatic carbocycles. The maximum Gasteiger partial charge on any atom is 0.328 e. The largest absolute Gasteiger partial charge is 0.461 e. The van der Waals surface area contributed by atoms with E-state index in [0.717, 1.165) is 0 Å². The molecule has 5 nitrogen and oxygen atoms in total. The molecule has 0 atom stereocenters. The third kappa shape index (κ3) is 1.72. The molecule has 3 rings (SSSR count). The molecule has 6 heteroatoms. The van der Waals surface area contributed by atoms with Crippen molar-refractivity contribution in [1.82, 2.24) is 5.32 Å². The van der Waals surface area contributed by atoms with Crippen molar-refractivity contribution in [2.24, 2.45) is 0 Å². The lowest BCUT2D eigenvalue weighted by molar-refractivity contribution is -0.120. The summed E-state index contributed by atoms with van der Waals surface area (Å²) in [4.78, 5) is 24.2. The Bertz CT molecular complexity index is 773. The molecule has 2 aromatic rings. The summed E-state index contributed by atoms with van der Waals surface area (Å²) in [6.07, 6.45) is 6.74. The van der Waals surface area contributed by atoms with E-state index in [1.807, 2.05) is 0 Å². The molecule has 0 radical (unpaired) electrons. The van der Waals surface area contributed by atoms with Gasteiger partial charge < -0.3 is 4.42 Å². The molecule has 1 fully saturated rings. The summed E-state index contributed by atoms with van der Waals surface area (Å²) in [5, 5.41) is 2.32. The van der Waals surface area contributed by atoms with Gasteiger partial charge in [-0.05, 0) is 12.1 Å². The minimum Gasteiger partial charge on any atom is -0.461 e. The SMILES string of the molecule is C#Cc1ccc(F)c2c(N3CCC(=O)NC3=O)coc12. The first kappa shape index (κ1) is 12.2. The first-order valence-electron chi connectivity index (χ1n) is 5.89. The number of halogens is 1. The van der Waals surface area contributed by atoms with E-state index in [9.17, 15) is 14.0 Å². The number of nitrogens with zero attached hydrogens (tertiary/aromatic N) is 1. The maximum absolute atomic E-state index is 14.0. The topological polar surface area (TPSA) is 62.6 Å². The average Bonchev–Trinajstić information content (AvgIpc) is 2.85. The Morgan fingerprint density at radius 3 is 2.90 bits per heavy atom. The first-order valence-corrected chi connectivity index (χ1v) is 5.89. The Kier molecular flexibility index (Phi) is 2.68. The van der Waals surface area contributed by atoms with Crippen LogP contribution >= 0.6 is 0 Å². The predicted molar refractivity (Wildman–Crippen MR) is 69.6 cm³/mol. The van der Waals surface area contributed by atoms with Crippen LogP contribution in [0, 0.1) is 18.2 Å². The molecule has 1 aliphatic rings. The number of carbonyl (C=O) groups excluding carboxylic acids is 2. The van der Waals surface area contributed by atoms with Gasteiger partial charge in [0.25, 0.3) is 0 Å². The van der Waals surface area contributed by atoms with Gasteiger partial charge in [0.2, 0.25) is 5.91 Å². The Balaban J connectivity index is 2.16. The Morgan fingerprint density at radius 2 is 2.20 bits per heavy atom. The molecule has 100 valence electrons. The molecule has 3 amide bonds. The number of carbonyl (C=O) groups is 2. The zero-order chi connectivity index (χ0) is 14.3. The van der Waals surface area contributed by atoms with Gasteiger partial charge in [-0.2, -0.15) is 0 Å². The molecule has 1 N–H and O–H groups in total. The van der Waals surface area contributed by atoms with Crippen LogP contribution in [-0.2, 0) is 4.79 Å². The van der Waals surface area contributed by atoms with E-state index in [0.29, 0.717) is 5.56 Å². The summed E-state index contributed by atoms with van der Waals surface area (Å²) in [7, 11) is 0. The van der Waals surface area contributed by atoms with Gasteiger partial charge >= 0.3 is 6.03 Å². The van der Waals surface area contributed by atoms with Crippen LogP contribution in [0.2, 0.25) is 0 Å². The first-order chi connectivity index (χ1) is 9.61. The van der Waals surface area contributed by atoms with Gasteiger partial charge in [0.15, 0.2) is 5.58 Å². The smallest absolute Gasteiger partial charge is 0.328 e. The summed E-state index contributed by atoms with van der Waals surface area (Å²) >= 11 is 0. The van der Waals surface area contributed by atoms with E-state index in [1.165, 1.54) is 23.3 Å². The number of fused-ring (bicyclic) bond motifs is 1. The van der Waals surface area contributed by atoms with Crippen LogP contribution in [0.15, 0.2) is 22.8 Å². The minimum absolute atomic E-state index is 0.143. The fourth-order valence-corrected chi connectivity index (χ4v) is 2.20. The molecule has 0 unspecified atom stereocenters. The number of nitrogens with one attached hydrogen (secondary N) is 1. The standard InChI is InChI=1S/C14H9FN2O3/c1-2-8-3-4-9(15)12-10(7-20-13(8)12)17-6-5-11(18)16-14(17)19/h1,3-4,7H,5-6H2,(H,16,18,19). The van der Waals surface area contributed by atoms with Gasteiger partial charge in [-0.25, -0.2) is 9.18 Å². The van der Waals surface area contributed by atoms with Crippen molar-refractivity contribution in [3.8, 4) is 12.3 Å². The van der Waals surface area contributed by atoms with E-state index < -0.39 is 11.8 Å². The van der Waals surface area contributed by atoms with E-state index in [2.05, 4.69) is 11.2 Å². The molecule has 0 saturated carbocycles. The minimum atomic E-state index is -0.602. The number of rotatable bonds is 1. The third-order valence-electron chi connectivity index (χ3n) is 3.15. The number of anilines is 1. The fourth-order valence-electron chi connectivity index (χ4n) is 2.20. The Morgan fingerprint density at radius 1 is 1.40 bits per heavy atom. The number of hydrogen-bond donors (Lipinski definition) is 1. The molecule has 1 aliphatic heterocycles. The Hall–Kier alpha value is -2.81. The van der Waals surface area contributed by atoms with E-state index in [4.69, 9.17) is 10.8 Å². The van der Waals surface area contributed by atoms with Crippen molar-refractivity contribution in [3.05, 3.63) is 29.8 Å². The van der Waals surface area contributed by atoms with Gasteiger partial charge in [-0.1, -0.05) is 5.92 Å². The van der Waals surface area contributed by atoms with Crippen LogP contribution in [0.3, 0.4) is 0 Å². The van der Waals surface area contributed by atoms with Crippen molar-refractivity contribution < 1.29 is 18.4 Å². The van der Waals surface area contributed by atoms with E-state index in [1.54, 1.807) is 0 Å². The average molecular weight is 272 g/mol. The number of furan rings is 1. The zero-order valence-electron chi connectivity index (χ0n) is 10.3. The lowest BCUT2D eigenvalue weighted by Crippen LogP contribution is -2.49. The lowest BCUT2D eigenvalue weighted by atomic mass is 10.1. The monoisotopic (exact) mass is 272 g/mol. The molecule has 1 aromatic heterocycles. The highest BCUT2D eigenvalue weighted by atomic mass is 19.1. The number of benzene rings is 1. The van der Waals surface area contributed by atoms with Crippen molar-refractivity contribution >= 4 is 28.6 Å². The van der Waals surface area contributed by atoms with Gasteiger partial charge in [0, 0.05) is 13.0 Å². The summed E-state index contributed by atoms with van der Waals surface area (Å²) in [5.74, 6) is 1.51. The molecule has 2 heterocycles. The van der Waals surface area contributed by atoms with E-state index in [-0.39, 0.29) is 35.5 Å². The summed E-state index contributed by atoms with van der Waals surface area (Å²) in [5.41, 5.74) is 0.882. The van der Waals surface area contributed by atoms with Crippen molar-refractivity contribution in [1.29, 1.82) is 0 Å². The number of amides is 3. The second-order valence-electron chi connectivity index (χ2n) is 4.32. The summed E-state index contributed by atoms with van der Waals surface area (Å²) in [6, 6.07) is 2.06. The molecule has 0 aliphatic carbocycles. The highest BCUT2D eigenvalue weighted by Crippen LogP contribution is 2.34. The van der Waals surface area contributed by atoms with Gasteiger partial charge in [0.1, 0.15) is 12.1 Å².